The predicted octanol–water partition coefficient (Wildman–Crippen LogP) is 4.84. The zero-order chi connectivity index (χ0) is 16.5. The second-order valence-corrected chi connectivity index (χ2v) is 6.14. The third kappa shape index (κ3) is 5.08. The van der Waals surface area contributed by atoms with Crippen molar-refractivity contribution in [2.24, 2.45) is 0 Å². The van der Waals surface area contributed by atoms with Gasteiger partial charge in [-0.2, -0.15) is 0 Å². The van der Waals surface area contributed by atoms with Crippen LogP contribution < -0.4 is 0 Å². The van der Waals surface area contributed by atoms with Crippen molar-refractivity contribution in [3.8, 4) is 0 Å². The lowest BCUT2D eigenvalue weighted by atomic mass is 10.0. The van der Waals surface area contributed by atoms with Crippen LogP contribution in [0.1, 0.15) is 18.9 Å². The molecule has 23 heavy (non-hydrogen) atoms. The highest BCUT2D eigenvalue weighted by Gasteiger charge is 2.38. The van der Waals surface area contributed by atoms with Gasteiger partial charge in [-0.15, -0.1) is 0 Å². The van der Waals surface area contributed by atoms with Gasteiger partial charge in [-0.3, -0.25) is 0 Å². The monoisotopic (exact) mass is 332 g/mol. The van der Waals surface area contributed by atoms with E-state index >= 15 is 0 Å². The van der Waals surface area contributed by atoms with E-state index in [1.165, 1.54) is 17.6 Å². The summed E-state index contributed by atoms with van der Waals surface area (Å²) in [5.74, 6) is -0.741. The largest absolute Gasteiger partial charge is 0.343 e. The summed E-state index contributed by atoms with van der Waals surface area (Å²) in [6, 6.07) is 8.26. The summed E-state index contributed by atoms with van der Waals surface area (Å²) in [5, 5.41) is 0. The third-order valence-corrected chi connectivity index (χ3v) is 4.32. The fourth-order valence-electron chi connectivity index (χ4n) is 2.34. The smallest absolute Gasteiger partial charge is 0.197 e. The number of hydrogen-bond donors (Lipinski definition) is 0. The van der Waals surface area contributed by atoms with Crippen molar-refractivity contribution >= 4 is 12.0 Å². The van der Waals surface area contributed by atoms with Crippen LogP contribution in [-0.4, -0.2) is 25.6 Å². The molecule has 0 amide bonds. The molecule has 0 spiro atoms. The molecule has 0 N–H and O–H groups in total. The van der Waals surface area contributed by atoms with Crippen LogP contribution in [0.25, 0.3) is 0 Å². The maximum absolute atomic E-state index is 5.87. The Bertz CT molecular complexity index is 554. The van der Waals surface area contributed by atoms with Crippen molar-refractivity contribution in [3.05, 3.63) is 66.3 Å². The molecule has 1 saturated heterocycles. The van der Waals surface area contributed by atoms with Crippen LogP contribution in [0.2, 0.25) is 0 Å². The average molecular weight is 332 g/mol. The van der Waals surface area contributed by atoms with Gasteiger partial charge in [0.1, 0.15) is 0 Å². The maximum atomic E-state index is 5.87. The first-order valence-corrected chi connectivity index (χ1v) is 8.54. The van der Waals surface area contributed by atoms with Gasteiger partial charge in [0.2, 0.25) is 0 Å². The van der Waals surface area contributed by atoms with E-state index in [1.54, 1.807) is 6.08 Å². The minimum atomic E-state index is -0.741. The third-order valence-electron chi connectivity index (χ3n) is 3.57. The number of ether oxygens (including phenoxy) is 2. The van der Waals surface area contributed by atoms with Crippen molar-refractivity contribution in [2.45, 2.75) is 31.0 Å². The standard InChI is InChI=1S/C19H24O3S/c1-4-6-7-17(5-2)19(20-14-15-21-19)12-13-22-23-18-10-8-16(3)9-11-18/h4-11H,2,12-15H2,1,3H3/b6-4-,17-7+. The molecule has 0 aromatic heterocycles. The lowest BCUT2D eigenvalue weighted by Crippen LogP contribution is -2.33. The molecule has 0 bridgehead atoms. The van der Waals surface area contributed by atoms with Crippen LogP contribution in [0.4, 0.5) is 0 Å². The van der Waals surface area contributed by atoms with Crippen molar-refractivity contribution in [2.75, 3.05) is 19.8 Å². The zero-order valence-corrected chi connectivity index (χ0v) is 14.6. The molecule has 1 aromatic rings. The zero-order valence-electron chi connectivity index (χ0n) is 13.8. The molecule has 0 atom stereocenters. The lowest BCUT2D eigenvalue weighted by Gasteiger charge is -2.28. The van der Waals surface area contributed by atoms with Gasteiger partial charge in [-0.1, -0.05) is 48.6 Å². The fraction of sp³-hybridized carbons (Fsp3) is 0.368. The molecule has 3 nitrogen and oxygen atoms in total. The fourth-order valence-corrected chi connectivity index (χ4v) is 2.89. The first-order chi connectivity index (χ1) is 11.2. The van der Waals surface area contributed by atoms with Gasteiger partial charge in [0.15, 0.2) is 5.79 Å². The van der Waals surface area contributed by atoms with Crippen LogP contribution >= 0.6 is 12.0 Å². The molecule has 2 rings (SSSR count). The van der Waals surface area contributed by atoms with Gasteiger partial charge in [-0.05, 0) is 26.0 Å². The molecule has 1 aliphatic rings. The van der Waals surface area contributed by atoms with Crippen molar-refractivity contribution in [1.82, 2.24) is 0 Å². The van der Waals surface area contributed by atoms with Gasteiger partial charge in [0, 0.05) is 28.9 Å². The van der Waals surface area contributed by atoms with E-state index in [9.17, 15) is 0 Å². The van der Waals surface area contributed by atoms with Crippen LogP contribution in [0.5, 0.6) is 0 Å². The van der Waals surface area contributed by atoms with Gasteiger partial charge < -0.3 is 13.7 Å². The maximum Gasteiger partial charge on any atom is 0.197 e. The van der Waals surface area contributed by atoms with Gasteiger partial charge >= 0.3 is 0 Å². The van der Waals surface area contributed by atoms with E-state index in [1.807, 2.05) is 25.2 Å². The van der Waals surface area contributed by atoms with E-state index in [2.05, 4.69) is 37.8 Å². The normalized spacial score (nSPS) is 17.7. The summed E-state index contributed by atoms with van der Waals surface area (Å²) >= 11 is 1.38. The summed E-state index contributed by atoms with van der Waals surface area (Å²) in [5.41, 5.74) is 2.17. The Hall–Kier alpha value is -1.33. The van der Waals surface area contributed by atoms with E-state index in [0.717, 1.165) is 10.5 Å². The Kier molecular flexibility index (Phi) is 7.12. The summed E-state index contributed by atoms with van der Waals surface area (Å²) in [6.45, 7) is 9.63. The lowest BCUT2D eigenvalue weighted by molar-refractivity contribution is -0.132. The quantitative estimate of drug-likeness (QED) is 0.387. The molecule has 0 aliphatic carbocycles. The number of allylic oxidation sites excluding steroid dienone is 3. The highest BCUT2D eigenvalue weighted by molar-refractivity contribution is 7.94. The molecule has 4 heteroatoms. The SMILES string of the molecule is C=C/C(=C\C=C/C)C1(CCOSc2ccc(C)cc2)OCCO1. The summed E-state index contributed by atoms with van der Waals surface area (Å²) < 4.78 is 17.5. The number of benzene rings is 1. The molecule has 1 heterocycles. The van der Waals surface area contributed by atoms with E-state index in [0.29, 0.717) is 26.2 Å². The highest BCUT2D eigenvalue weighted by Crippen LogP contribution is 2.33. The van der Waals surface area contributed by atoms with Gasteiger partial charge in [0.25, 0.3) is 0 Å². The Morgan fingerprint density at radius 3 is 2.61 bits per heavy atom. The molecular weight excluding hydrogens is 308 g/mol. The number of rotatable bonds is 8. The second-order valence-electron chi connectivity index (χ2n) is 5.27. The van der Waals surface area contributed by atoms with Crippen LogP contribution in [0.15, 0.2) is 65.6 Å². The molecule has 1 aliphatic heterocycles. The summed E-state index contributed by atoms with van der Waals surface area (Å²) in [6.07, 6.45) is 8.33. The minimum absolute atomic E-state index is 0.527. The Morgan fingerprint density at radius 1 is 1.30 bits per heavy atom. The van der Waals surface area contributed by atoms with E-state index in [4.69, 9.17) is 13.7 Å². The molecular formula is C19H24O3S. The second kappa shape index (κ2) is 9.08. The first-order valence-electron chi connectivity index (χ1n) is 7.80. The van der Waals surface area contributed by atoms with Crippen LogP contribution in [0.3, 0.4) is 0 Å². The Labute approximate surface area is 143 Å². The average Bonchev–Trinajstić information content (AvgIpc) is 3.04. The van der Waals surface area contributed by atoms with Gasteiger partial charge in [-0.25, -0.2) is 0 Å². The topological polar surface area (TPSA) is 27.7 Å². The molecule has 0 unspecified atom stereocenters. The van der Waals surface area contributed by atoms with Gasteiger partial charge in [0.05, 0.1) is 19.8 Å². The van der Waals surface area contributed by atoms with Crippen LogP contribution in [0, 0.1) is 6.92 Å². The highest BCUT2D eigenvalue weighted by atomic mass is 32.2. The molecule has 0 saturated carbocycles. The molecule has 1 fully saturated rings. The molecule has 0 radical (unpaired) electrons. The van der Waals surface area contributed by atoms with Crippen molar-refractivity contribution in [1.29, 1.82) is 0 Å². The first kappa shape index (κ1) is 18.0. The summed E-state index contributed by atoms with van der Waals surface area (Å²) in [7, 11) is 0. The minimum Gasteiger partial charge on any atom is -0.343 e. The van der Waals surface area contributed by atoms with E-state index in [-0.39, 0.29) is 0 Å². The Balaban J connectivity index is 1.92. The molecule has 124 valence electrons. The number of hydrogen-bond acceptors (Lipinski definition) is 4. The molecule has 1 aromatic carbocycles. The van der Waals surface area contributed by atoms with Crippen LogP contribution in [-0.2, 0) is 13.7 Å². The van der Waals surface area contributed by atoms with Crippen molar-refractivity contribution in [3.63, 3.8) is 0 Å². The van der Waals surface area contributed by atoms with E-state index < -0.39 is 5.79 Å². The Morgan fingerprint density at radius 2 is 2.00 bits per heavy atom. The van der Waals surface area contributed by atoms with Crippen molar-refractivity contribution < 1.29 is 13.7 Å². The number of aryl methyl sites for hydroxylation is 1. The summed E-state index contributed by atoms with van der Waals surface area (Å²) in [4.78, 5) is 1.09. The predicted molar refractivity (Wildman–Crippen MR) is 95.3 cm³/mol.